The van der Waals surface area contributed by atoms with Crippen LogP contribution in [0.4, 0.5) is 5.69 Å². The molecule has 8 heteroatoms. The van der Waals surface area contributed by atoms with E-state index in [0.29, 0.717) is 5.69 Å². The maximum atomic E-state index is 11.7. The van der Waals surface area contributed by atoms with Crippen molar-refractivity contribution < 1.29 is 9.59 Å². The van der Waals surface area contributed by atoms with Gasteiger partial charge in [-0.15, -0.1) is 11.8 Å². The van der Waals surface area contributed by atoms with Crippen LogP contribution in [0.25, 0.3) is 0 Å². The Bertz CT molecular complexity index is 427. The highest BCUT2D eigenvalue weighted by Gasteiger charge is 2.22. The standard InChI is InChI=1S/C9H13N5O2S/c10-8(15)3-14-2-6(1-12-14)13-9(16)7-4-17-5-11-7/h1-2,7,11H,3-5H2,(H2,10,15)(H,13,16). The molecule has 7 nitrogen and oxygen atoms in total. The molecule has 1 aliphatic heterocycles. The predicted octanol–water partition coefficient (Wildman–Crippen LogP) is -1.03. The average Bonchev–Trinajstić information content (AvgIpc) is 2.87. The summed E-state index contributed by atoms with van der Waals surface area (Å²) in [5.41, 5.74) is 5.60. The Balaban J connectivity index is 1.91. The van der Waals surface area contributed by atoms with E-state index in [1.807, 2.05) is 0 Å². The zero-order valence-corrected chi connectivity index (χ0v) is 9.87. The monoisotopic (exact) mass is 255 g/mol. The molecule has 0 aromatic carbocycles. The van der Waals surface area contributed by atoms with Crippen LogP contribution >= 0.6 is 11.8 Å². The van der Waals surface area contributed by atoms with Crippen molar-refractivity contribution in [1.82, 2.24) is 15.1 Å². The Kier molecular flexibility index (Phi) is 3.64. The number of nitrogens with two attached hydrogens (primary N) is 1. The minimum absolute atomic E-state index is 0.00734. The van der Waals surface area contributed by atoms with E-state index in [2.05, 4.69) is 15.7 Å². The minimum atomic E-state index is -0.472. The van der Waals surface area contributed by atoms with Gasteiger partial charge >= 0.3 is 0 Å². The first-order valence-corrected chi connectivity index (χ1v) is 6.23. The van der Waals surface area contributed by atoms with Crippen LogP contribution in [0.15, 0.2) is 12.4 Å². The first kappa shape index (κ1) is 11.9. The van der Waals surface area contributed by atoms with E-state index in [1.54, 1.807) is 18.0 Å². The number of anilines is 1. The Morgan fingerprint density at radius 2 is 2.53 bits per heavy atom. The van der Waals surface area contributed by atoms with Gasteiger partial charge in [-0.1, -0.05) is 0 Å². The van der Waals surface area contributed by atoms with Crippen molar-refractivity contribution in [3.05, 3.63) is 12.4 Å². The van der Waals surface area contributed by atoms with Crippen LogP contribution in [0.5, 0.6) is 0 Å². The topological polar surface area (TPSA) is 102 Å². The van der Waals surface area contributed by atoms with Gasteiger partial charge in [-0.2, -0.15) is 5.10 Å². The van der Waals surface area contributed by atoms with E-state index in [-0.39, 0.29) is 18.5 Å². The van der Waals surface area contributed by atoms with Crippen LogP contribution in [-0.2, 0) is 16.1 Å². The highest BCUT2D eigenvalue weighted by molar-refractivity contribution is 7.99. The molecule has 0 saturated carbocycles. The number of carbonyl (C=O) groups is 2. The maximum absolute atomic E-state index is 11.7. The molecule has 0 aliphatic carbocycles. The summed E-state index contributed by atoms with van der Waals surface area (Å²) in [5, 5.41) is 9.70. The van der Waals surface area contributed by atoms with Crippen LogP contribution in [0, 0.1) is 0 Å². The number of hydrogen-bond acceptors (Lipinski definition) is 5. The molecule has 1 unspecified atom stereocenters. The number of nitrogens with one attached hydrogen (secondary N) is 2. The van der Waals surface area contributed by atoms with Crippen LogP contribution < -0.4 is 16.4 Å². The fraction of sp³-hybridized carbons (Fsp3) is 0.444. The van der Waals surface area contributed by atoms with E-state index < -0.39 is 5.91 Å². The molecular formula is C9H13N5O2S. The molecule has 1 aliphatic rings. The molecule has 2 heterocycles. The normalized spacial score (nSPS) is 19.2. The summed E-state index contributed by atoms with van der Waals surface area (Å²) in [6.07, 6.45) is 3.06. The van der Waals surface area contributed by atoms with Gasteiger partial charge in [0.1, 0.15) is 6.54 Å². The van der Waals surface area contributed by atoms with Gasteiger partial charge in [0, 0.05) is 17.8 Å². The Hall–Kier alpha value is -1.54. The summed E-state index contributed by atoms with van der Waals surface area (Å²) in [6, 6.07) is -0.167. The number of thioether (sulfide) groups is 1. The number of hydrogen-bond donors (Lipinski definition) is 3. The lowest BCUT2D eigenvalue weighted by Gasteiger charge is -2.08. The Labute approximate surface area is 102 Å². The van der Waals surface area contributed by atoms with Crippen LogP contribution in [0.3, 0.4) is 0 Å². The van der Waals surface area contributed by atoms with Crippen molar-refractivity contribution in [1.29, 1.82) is 0 Å². The largest absolute Gasteiger partial charge is 0.368 e. The molecule has 2 rings (SSSR count). The lowest BCUT2D eigenvalue weighted by atomic mass is 10.3. The number of primary amides is 1. The van der Waals surface area contributed by atoms with E-state index in [9.17, 15) is 9.59 Å². The van der Waals surface area contributed by atoms with E-state index >= 15 is 0 Å². The first-order valence-electron chi connectivity index (χ1n) is 5.08. The number of rotatable bonds is 4. The zero-order valence-electron chi connectivity index (χ0n) is 9.05. The van der Waals surface area contributed by atoms with Gasteiger partial charge in [0.2, 0.25) is 11.8 Å². The quantitative estimate of drug-likeness (QED) is 0.638. The van der Waals surface area contributed by atoms with Crippen LogP contribution in [0.1, 0.15) is 0 Å². The number of carbonyl (C=O) groups excluding carboxylic acids is 2. The molecular weight excluding hydrogens is 242 g/mol. The van der Waals surface area contributed by atoms with Gasteiger partial charge in [-0.25, -0.2) is 0 Å². The van der Waals surface area contributed by atoms with E-state index in [4.69, 9.17) is 5.73 Å². The van der Waals surface area contributed by atoms with Gasteiger partial charge in [0.05, 0.1) is 17.9 Å². The van der Waals surface area contributed by atoms with Crippen molar-refractivity contribution in [2.24, 2.45) is 5.73 Å². The third-order valence-corrected chi connectivity index (χ3v) is 3.19. The molecule has 1 aromatic rings. The van der Waals surface area contributed by atoms with Crippen molar-refractivity contribution in [3.8, 4) is 0 Å². The third-order valence-electron chi connectivity index (χ3n) is 2.25. The summed E-state index contributed by atoms with van der Waals surface area (Å²) in [4.78, 5) is 22.4. The molecule has 4 N–H and O–H groups in total. The second kappa shape index (κ2) is 5.19. The molecule has 92 valence electrons. The molecule has 0 radical (unpaired) electrons. The molecule has 17 heavy (non-hydrogen) atoms. The number of aromatic nitrogens is 2. The average molecular weight is 255 g/mol. The summed E-state index contributed by atoms with van der Waals surface area (Å²) in [7, 11) is 0. The fourth-order valence-electron chi connectivity index (χ4n) is 1.47. The molecule has 1 aromatic heterocycles. The van der Waals surface area contributed by atoms with Gasteiger partial charge in [0.25, 0.3) is 0 Å². The zero-order chi connectivity index (χ0) is 12.3. The highest BCUT2D eigenvalue weighted by atomic mass is 32.2. The summed E-state index contributed by atoms with van der Waals surface area (Å²) < 4.78 is 1.38. The minimum Gasteiger partial charge on any atom is -0.368 e. The molecule has 0 spiro atoms. The van der Waals surface area contributed by atoms with Gasteiger partial charge < -0.3 is 11.1 Å². The van der Waals surface area contributed by atoms with E-state index in [1.165, 1.54) is 10.9 Å². The molecule has 1 saturated heterocycles. The highest BCUT2D eigenvalue weighted by Crippen LogP contribution is 2.12. The lowest BCUT2D eigenvalue weighted by Crippen LogP contribution is -2.37. The third kappa shape index (κ3) is 3.21. The van der Waals surface area contributed by atoms with Gasteiger partial charge in [-0.3, -0.25) is 19.6 Å². The Morgan fingerprint density at radius 3 is 3.18 bits per heavy atom. The lowest BCUT2D eigenvalue weighted by molar-refractivity contribution is -0.119. The van der Waals surface area contributed by atoms with Gasteiger partial charge in [0.15, 0.2) is 0 Å². The van der Waals surface area contributed by atoms with Crippen molar-refractivity contribution in [2.75, 3.05) is 16.9 Å². The SMILES string of the molecule is NC(=O)Cn1cc(NC(=O)C2CSCN2)cn1. The smallest absolute Gasteiger partial charge is 0.242 e. The number of amides is 2. The summed E-state index contributed by atoms with van der Waals surface area (Å²) in [6.45, 7) is 0.00734. The Morgan fingerprint density at radius 1 is 1.71 bits per heavy atom. The number of nitrogens with zero attached hydrogens (tertiary/aromatic N) is 2. The molecule has 0 bridgehead atoms. The molecule has 1 atom stereocenters. The maximum Gasteiger partial charge on any atom is 0.242 e. The predicted molar refractivity (Wildman–Crippen MR) is 64.3 cm³/mol. The molecule has 2 amide bonds. The second-order valence-corrected chi connectivity index (χ2v) is 4.68. The first-order chi connectivity index (χ1) is 8.15. The van der Waals surface area contributed by atoms with Gasteiger partial charge in [-0.05, 0) is 0 Å². The fourth-order valence-corrected chi connectivity index (χ4v) is 2.41. The van der Waals surface area contributed by atoms with Crippen molar-refractivity contribution >= 4 is 29.3 Å². The van der Waals surface area contributed by atoms with Crippen LogP contribution in [-0.4, -0.2) is 39.3 Å². The summed E-state index contributed by atoms with van der Waals surface area (Å²) >= 11 is 1.68. The van der Waals surface area contributed by atoms with Crippen LogP contribution in [0.2, 0.25) is 0 Å². The summed E-state index contributed by atoms with van der Waals surface area (Å²) in [5.74, 6) is 0.994. The van der Waals surface area contributed by atoms with Crippen molar-refractivity contribution in [2.45, 2.75) is 12.6 Å². The van der Waals surface area contributed by atoms with E-state index in [0.717, 1.165) is 11.6 Å². The van der Waals surface area contributed by atoms with Crippen molar-refractivity contribution in [3.63, 3.8) is 0 Å². The molecule has 1 fully saturated rings. The second-order valence-electron chi connectivity index (χ2n) is 3.65.